The first-order valence-electron chi connectivity index (χ1n) is 26.6. The molecule has 0 amide bonds. The Morgan fingerprint density at radius 1 is 0.424 bits per heavy atom. The van der Waals surface area contributed by atoms with Gasteiger partial charge in [-0.1, -0.05) is 194 Å². The Kier molecular flexibility index (Phi) is 36.0. The third kappa shape index (κ3) is 27.0. The lowest BCUT2D eigenvalue weighted by atomic mass is 9.98. The van der Waals surface area contributed by atoms with Crippen molar-refractivity contribution in [1.82, 2.24) is 0 Å². The van der Waals surface area contributed by atoms with E-state index in [1.807, 2.05) is 0 Å². The van der Waals surface area contributed by atoms with Gasteiger partial charge in [-0.05, 0) is 12.8 Å². The van der Waals surface area contributed by atoms with Crippen molar-refractivity contribution < 1.29 is 73.8 Å². The number of hydrogen-bond acceptors (Lipinski definition) is 15. The Labute approximate surface area is 398 Å². The lowest BCUT2D eigenvalue weighted by Crippen LogP contribution is -2.61. The highest BCUT2D eigenvalue weighted by Gasteiger charge is 2.47. The van der Waals surface area contributed by atoms with Crippen molar-refractivity contribution in [3.63, 3.8) is 0 Å². The zero-order chi connectivity index (χ0) is 48.2. The van der Waals surface area contributed by atoms with E-state index in [-0.39, 0.29) is 26.1 Å². The highest BCUT2D eigenvalue weighted by molar-refractivity contribution is 5.70. The van der Waals surface area contributed by atoms with Crippen LogP contribution in [0.15, 0.2) is 0 Å². The van der Waals surface area contributed by atoms with Gasteiger partial charge < -0.3 is 64.2 Å². The van der Waals surface area contributed by atoms with Gasteiger partial charge >= 0.3 is 11.9 Å². The van der Waals surface area contributed by atoms with Crippen molar-refractivity contribution >= 4 is 11.9 Å². The standard InChI is InChI=1S/C51H96O15/c1-3-5-7-9-11-13-15-16-17-18-19-20-21-22-24-26-28-30-32-34-43(54)64-39(36-61-42(53)33-31-29-27-25-23-14-12-10-8-6-4-2)37-62-50-49(60)47(58)45(56)41(66-50)38-63-51-48(59)46(57)44(55)40(35-52)65-51/h39-41,44-52,55-60H,3-38H2,1-2H3. The van der Waals surface area contributed by atoms with Crippen LogP contribution in [0.25, 0.3) is 0 Å². The fourth-order valence-electron chi connectivity index (χ4n) is 8.69. The molecule has 0 aromatic rings. The molecule has 0 saturated carbocycles. The van der Waals surface area contributed by atoms with Crippen LogP contribution in [-0.2, 0) is 38.0 Å². The summed E-state index contributed by atoms with van der Waals surface area (Å²) in [5, 5.41) is 72.1. The maximum Gasteiger partial charge on any atom is 0.306 e. The number of esters is 2. The molecule has 11 unspecified atom stereocenters. The lowest BCUT2D eigenvalue weighted by Gasteiger charge is -2.42. The Hall–Kier alpha value is -1.50. The lowest BCUT2D eigenvalue weighted by molar-refractivity contribution is -0.332. The van der Waals surface area contributed by atoms with E-state index in [0.717, 1.165) is 38.5 Å². The molecule has 0 aliphatic carbocycles. The second kappa shape index (κ2) is 39.2. The van der Waals surface area contributed by atoms with Crippen molar-refractivity contribution in [3.8, 4) is 0 Å². The Balaban J connectivity index is 1.77. The van der Waals surface area contributed by atoms with Crippen LogP contribution in [0.2, 0.25) is 0 Å². The van der Waals surface area contributed by atoms with Crippen LogP contribution in [0, 0.1) is 0 Å². The molecule has 66 heavy (non-hydrogen) atoms. The maximum absolute atomic E-state index is 13.0. The van der Waals surface area contributed by atoms with Crippen molar-refractivity contribution in [2.24, 2.45) is 0 Å². The van der Waals surface area contributed by atoms with E-state index in [0.29, 0.717) is 12.8 Å². The van der Waals surface area contributed by atoms with Crippen LogP contribution < -0.4 is 0 Å². The Morgan fingerprint density at radius 2 is 0.773 bits per heavy atom. The molecule has 2 aliphatic heterocycles. The SMILES string of the molecule is CCCCCCCCCCCCCCCCCCCCCC(=O)OC(COC(=O)CCCCCCCCCCCCC)COC1OC(COC2OC(CO)C(O)C(O)C2O)C(O)C(O)C1O. The molecule has 2 aliphatic rings. The van der Waals surface area contributed by atoms with E-state index in [1.165, 1.54) is 141 Å². The summed E-state index contributed by atoms with van der Waals surface area (Å²) < 4.78 is 33.6. The van der Waals surface area contributed by atoms with Gasteiger partial charge in [-0.2, -0.15) is 0 Å². The van der Waals surface area contributed by atoms with E-state index in [1.54, 1.807) is 0 Å². The van der Waals surface area contributed by atoms with Crippen molar-refractivity contribution in [2.75, 3.05) is 26.4 Å². The van der Waals surface area contributed by atoms with Crippen LogP contribution >= 0.6 is 0 Å². The molecular formula is C51H96O15. The molecule has 11 atom stereocenters. The molecule has 390 valence electrons. The van der Waals surface area contributed by atoms with Gasteiger partial charge in [0.2, 0.25) is 0 Å². The molecule has 15 nitrogen and oxygen atoms in total. The second-order valence-corrected chi connectivity index (χ2v) is 19.1. The summed E-state index contributed by atoms with van der Waals surface area (Å²) in [5.74, 6) is -0.910. The molecule has 2 fully saturated rings. The molecule has 15 heteroatoms. The average Bonchev–Trinajstić information content (AvgIpc) is 3.31. The van der Waals surface area contributed by atoms with Gasteiger partial charge in [0.25, 0.3) is 0 Å². The molecule has 0 spiro atoms. The first-order valence-corrected chi connectivity index (χ1v) is 26.6. The first-order chi connectivity index (χ1) is 32.0. The minimum atomic E-state index is -1.76. The van der Waals surface area contributed by atoms with Gasteiger partial charge in [0.1, 0.15) is 55.4 Å². The minimum Gasteiger partial charge on any atom is -0.462 e. The van der Waals surface area contributed by atoms with Crippen molar-refractivity contribution in [2.45, 2.75) is 287 Å². The second-order valence-electron chi connectivity index (χ2n) is 19.1. The monoisotopic (exact) mass is 949 g/mol. The van der Waals surface area contributed by atoms with Crippen LogP contribution in [0.3, 0.4) is 0 Å². The van der Waals surface area contributed by atoms with Crippen LogP contribution in [0.5, 0.6) is 0 Å². The summed E-state index contributed by atoms with van der Waals surface area (Å²) in [5.41, 5.74) is 0. The number of aliphatic hydroxyl groups is 7. The molecule has 0 bridgehead atoms. The van der Waals surface area contributed by atoms with Gasteiger partial charge in [-0.3, -0.25) is 9.59 Å². The normalized spacial score (nSPS) is 26.1. The first kappa shape index (κ1) is 60.6. The number of carbonyl (C=O) groups is 2. The Bertz CT molecular complexity index is 1160. The fourth-order valence-corrected chi connectivity index (χ4v) is 8.69. The van der Waals surface area contributed by atoms with E-state index in [9.17, 15) is 45.3 Å². The predicted molar refractivity (Wildman–Crippen MR) is 252 cm³/mol. The molecule has 2 saturated heterocycles. The summed E-state index contributed by atoms with van der Waals surface area (Å²) in [7, 11) is 0. The molecule has 0 aromatic carbocycles. The summed E-state index contributed by atoms with van der Waals surface area (Å²) in [6, 6.07) is 0. The smallest absolute Gasteiger partial charge is 0.306 e. The number of carbonyl (C=O) groups excluding carboxylic acids is 2. The van der Waals surface area contributed by atoms with Gasteiger partial charge in [-0.25, -0.2) is 0 Å². The predicted octanol–water partition coefficient (Wildman–Crippen LogP) is 7.61. The summed E-state index contributed by atoms with van der Waals surface area (Å²) >= 11 is 0. The molecule has 0 radical (unpaired) electrons. The van der Waals surface area contributed by atoms with Gasteiger partial charge in [0, 0.05) is 12.8 Å². The molecule has 2 rings (SSSR count). The topological polar surface area (TPSA) is 231 Å². The van der Waals surface area contributed by atoms with Gasteiger partial charge in [-0.15, -0.1) is 0 Å². The summed E-state index contributed by atoms with van der Waals surface area (Å²) in [6.45, 7) is 2.62. The van der Waals surface area contributed by atoms with E-state index in [2.05, 4.69) is 13.8 Å². The number of rotatable bonds is 42. The van der Waals surface area contributed by atoms with E-state index < -0.39 is 92.7 Å². The van der Waals surface area contributed by atoms with Crippen molar-refractivity contribution in [1.29, 1.82) is 0 Å². The largest absolute Gasteiger partial charge is 0.462 e. The minimum absolute atomic E-state index is 0.173. The van der Waals surface area contributed by atoms with Gasteiger partial charge in [0.15, 0.2) is 18.7 Å². The third-order valence-corrected chi connectivity index (χ3v) is 13.1. The zero-order valence-electron chi connectivity index (χ0n) is 41.2. The van der Waals surface area contributed by atoms with Crippen LogP contribution in [0.1, 0.15) is 219 Å². The van der Waals surface area contributed by atoms with Gasteiger partial charge in [0.05, 0.1) is 19.8 Å². The van der Waals surface area contributed by atoms with Crippen molar-refractivity contribution in [3.05, 3.63) is 0 Å². The number of unbranched alkanes of at least 4 members (excludes halogenated alkanes) is 28. The number of ether oxygens (including phenoxy) is 6. The maximum atomic E-state index is 13.0. The summed E-state index contributed by atoms with van der Waals surface area (Å²) in [4.78, 5) is 25.7. The highest BCUT2D eigenvalue weighted by Crippen LogP contribution is 2.27. The molecule has 7 N–H and O–H groups in total. The Morgan fingerprint density at radius 3 is 1.18 bits per heavy atom. The highest BCUT2D eigenvalue weighted by atomic mass is 16.7. The van der Waals surface area contributed by atoms with E-state index >= 15 is 0 Å². The summed E-state index contributed by atoms with van der Waals surface area (Å²) in [6.07, 6.45) is 19.9. The van der Waals surface area contributed by atoms with E-state index in [4.69, 9.17) is 28.4 Å². The third-order valence-electron chi connectivity index (χ3n) is 13.1. The fraction of sp³-hybridized carbons (Fsp3) is 0.961. The van der Waals surface area contributed by atoms with Crippen LogP contribution in [0.4, 0.5) is 0 Å². The zero-order valence-corrected chi connectivity index (χ0v) is 41.2. The van der Waals surface area contributed by atoms with Crippen LogP contribution in [-0.4, -0.2) is 142 Å². The average molecular weight is 949 g/mol. The molecular weight excluding hydrogens is 853 g/mol. The molecule has 2 heterocycles. The molecule has 0 aromatic heterocycles. The quantitative estimate of drug-likeness (QED) is 0.0231. The number of aliphatic hydroxyl groups excluding tert-OH is 7. The number of hydrogen-bond donors (Lipinski definition) is 7.